The van der Waals surface area contributed by atoms with Gasteiger partial charge in [-0.05, 0) is 31.4 Å². The molecule has 0 atom stereocenters. The Morgan fingerprint density at radius 2 is 1.81 bits per heavy atom. The van der Waals surface area contributed by atoms with Crippen LogP contribution < -0.4 is 4.40 Å². The third kappa shape index (κ3) is 1.28. The van der Waals surface area contributed by atoms with Crippen molar-refractivity contribution < 1.29 is 4.40 Å². The molecular formula is C15H14N+. The molecule has 2 heterocycles. The third-order valence-electron chi connectivity index (χ3n) is 3.10. The van der Waals surface area contributed by atoms with Gasteiger partial charge in [-0.3, -0.25) is 0 Å². The van der Waals surface area contributed by atoms with E-state index < -0.39 is 0 Å². The topological polar surface area (TPSA) is 4.10 Å². The van der Waals surface area contributed by atoms with Crippen LogP contribution in [-0.4, -0.2) is 0 Å². The monoisotopic (exact) mass is 208 g/mol. The lowest BCUT2D eigenvalue weighted by Crippen LogP contribution is -2.21. The summed E-state index contributed by atoms with van der Waals surface area (Å²) in [5.41, 5.74) is 3.90. The average Bonchev–Trinajstić information content (AvgIpc) is 2.29. The molecule has 0 saturated heterocycles. The summed E-state index contributed by atoms with van der Waals surface area (Å²) >= 11 is 0. The molecule has 1 aromatic carbocycles. The van der Waals surface area contributed by atoms with Crippen molar-refractivity contribution in [3.63, 3.8) is 0 Å². The van der Waals surface area contributed by atoms with Gasteiger partial charge in [0.1, 0.15) is 0 Å². The van der Waals surface area contributed by atoms with Crippen molar-refractivity contribution in [1.82, 2.24) is 0 Å². The van der Waals surface area contributed by atoms with Gasteiger partial charge in [0.05, 0.1) is 5.39 Å². The minimum absolute atomic E-state index is 1.27. The highest BCUT2D eigenvalue weighted by Gasteiger charge is 2.09. The van der Waals surface area contributed by atoms with Gasteiger partial charge in [0.25, 0.3) is 0 Å². The van der Waals surface area contributed by atoms with Crippen LogP contribution in [0.2, 0.25) is 0 Å². The van der Waals surface area contributed by atoms with Crippen molar-refractivity contribution in [1.29, 1.82) is 0 Å². The van der Waals surface area contributed by atoms with Crippen molar-refractivity contribution in [2.24, 2.45) is 0 Å². The molecule has 0 aliphatic carbocycles. The number of nitrogens with zero attached hydrogens (tertiary/aromatic N) is 1. The summed E-state index contributed by atoms with van der Waals surface area (Å²) in [5.74, 6) is 0. The second-order valence-electron chi connectivity index (χ2n) is 4.35. The molecular weight excluding hydrogens is 194 g/mol. The van der Waals surface area contributed by atoms with Gasteiger partial charge < -0.3 is 0 Å². The highest BCUT2D eigenvalue weighted by molar-refractivity contribution is 5.95. The van der Waals surface area contributed by atoms with Crippen LogP contribution in [-0.2, 0) is 0 Å². The van der Waals surface area contributed by atoms with E-state index in [9.17, 15) is 0 Å². The van der Waals surface area contributed by atoms with Crippen LogP contribution in [0.3, 0.4) is 0 Å². The largest absolute Gasteiger partial charge is 0.218 e. The molecule has 16 heavy (non-hydrogen) atoms. The fourth-order valence-corrected chi connectivity index (χ4v) is 2.28. The Morgan fingerprint density at radius 1 is 0.938 bits per heavy atom. The van der Waals surface area contributed by atoms with Crippen LogP contribution in [0.25, 0.3) is 16.3 Å². The lowest BCUT2D eigenvalue weighted by molar-refractivity contribution is -0.511. The van der Waals surface area contributed by atoms with Gasteiger partial charge in [-0.25, -0.2) is 0 Å². The van der Waals surface area contributed by atoms with E-state index in [0.29, 0.717) is 0 Å². The Balaban J connectivity index is 2.59. The fraction of sp³-hybridized carbons (Fsp3) is 0.133. The zero-order chi connectivity index (χ0) is 11.1. The number of pyridine rings is 2. The van der Waals surface area contributed by atoms with Gasteiger partial charge in [0.2, 0.25) is 5.52 Å². The molecule has 0 unspecified atom stereocenters. The van der Waals surface area contributed by atoms with Gasteiger partial charge in [-0.2, -0.15) is 4.40 Å². The molecule has 3 aromatic rings. The zero-order valence-corrected chi connectivity index (χ0v) is 9.57. The average molecular weight is 208 g/mol. The normalized spacial score (nSPS) is 11.1. The summed E-state index contributed by atoms with van der Waals surface area (Å²) in [6, 6.07) is 13.0. The summed E-state index contributed by atoms with van der Waals surface area (Å²) in [6.07, 6.45) is 4.29. The van der Waals surface area contributed by atoms with E-state index in [1.807, 2.05) is 0 Å². The third-order valence-corrected chi connectivity index (χ3v) is 3.10. The van der Waals surface area contributed by atoms with E-state index in [1.54, 1.807) is 0 Å². The van der Waals surface area contributed by atoms with Crippen LogP contribution in [0.15, 0.2) is 48.8 Å². The SMILES string of the molecule is Cc1ccc2c(c1)c(C)c[n+]1ccccc21. The van der Waals surface area contributed by atoms with Gasteiger partial charge in [0, 0.05) is 17.7 Å². The first-order chi connectivity index (χ1) is 7.75. The summed E-state index contributed by atoms with van der Waals surface area (Å²) < 4.78 is 2.19. The van der Waals surface area contributed by atoms with Crippen LogP contribution in [0.5, 0.6) is 0 Å². The molecule has 0 fully saturated rings. The maximum Gasteiger partial charge on any atom is 0.218 e. The Hall–Kier alpha value is -1.89. The molecule has 3 rings (SSSR count). The lowest BCUT2D eigenvalue weighted by atomic mass is 10.0. The Bertz CT molecular complexity index is 683. The van der Waals surface area contributed by atoms with E-state index in [-0.39, 0.29) is 0 Å². The van der Waals surface area contributed by atoms with Crippen LogP contribution in [0.4, 0.5) is 0 Å². The maximum absolute atomic E-state index is 2.26. The van der Waals surface area contributed by atoms with Crippen molar-refractivity contribution in [3.8, 4) is 0 Å². The minimum atomic E-state index is 1.27. The Labute approximate surface area is 95.0 Å². The molecule has 0 aliphatic rings. The first-order valence-corrected chi connectivity index (χ1v) is 5.56. The Morgan fingerprint density at radius 3 is 2.69 bits per heavy atom. The van der Waals surface area contributed by atoms with Gasteiger partial charge >= 0.3 is 0 Å². The van der Waals surface area contributed by atoms with Crippen LogP contribution in [0, 0.1) is 13.8 Å². The minimum Gasteiger partial charge on any atom is -0.166 e. The smallest absolute Gasteiger partial charge is 0.166 e. The molecule has 0 radical (unpaired) electrons. The molecule has 2 aromatic heterocycles. The van der Waals surface area contributed by atoms with Crippen molar-refractivity contribution in [2.45, 2.75) is 13.8 Å². The van der Waals surface area contributed by atoms with Crippen molar-refractivity contribution in [3.05, 3.63) is 59.9 Å². The molecule has 0 spiro atoms. The first kappa shape index (κ1) is 9.34. The lowest BCUT2D eigenvalue weighted by Gasteiger charge is -2.02. The number of hydrogen-bond acceptors (Lipinski definition) is 0. The number of benzene rings is 1. The van der Waals surface area contributed by atoms with Crippen LogP contribution in [0.1, 0.15) is 11.1 Å². The maximum atomic E-state index is 2.26. The summed E-state index contributed by atoms with van der Waals surface area (Å²) in [4.78, 5) is 0. The number of rotatable bonds is 0. The van der Waals surface area contributed by atoms with E-state index in [1.165, 1.54) is 27.4 Å². The predicted octanol–water partition coefficient (Wildman–Crippen LogP) is 3.20. The highest BCUT2D eigenvalue weighted by atomic mass is 14.8. The van der Waals surface area contributed by atoms with E-state index in [2.05, 4.69) is 67.0 Å². The van der Waals surface area contributed by atoms with E-state index in [0.717, 1.165) is 0 Å². The Kier molecular flexibility index (Phi) is 1.93. The number of aryl methyl sites for hydroxylation is 2. The zero-order valence-electron chi connectivity index (χ0n) is 9.57. The first-order valence-electron chi connectivity index (χ1n) is 5.56. The number of hydrogen-bond donors (Lipinski definition) is 0. The standard InChI is InChI=1S/C15H14N/c1-11-6-7-13-14(9-11)12(2)10-16-8-4-3-5-15(13)16/h3-10H,1-2H3/q+1. The molecule has 1 nitrogen and oxygen atoms in total. The molecule has 0 saturated carbocycles. The number of aromatic nitrogens is 1. The summed E-state index contributed by atoms with van der Waals surface area (Å²) in [6.45, 7) is 4.31. The van der Waals surface area contributed by atoms with E-state index in [4.69, 9.17) is 0 Å². The van der Waals surface area contributed by atoms with Gasteiger partial charge in [0.15, 0.2) is 12.4 Å². The highest BCUT2D eigenvalue weighted by Crippen LogP contribution is 2.21. The number of fused-ring (bicyclic) bond motifs is 3. The van der Waals surface area contributed by atoms with Gasteiger partial charge in [-0.1, -0.05) is 17.7 Å². The second-order valence-corrected chi connectivity index (χ2v) is 4.35. The fourth-order valence-electron chi connectivity index (χ4n) is 2.28. The summed E-state index contributed by atoms with van der Waals surface area (Å²) in [5, 5.41) is 2.68. The van der Waals surface area contributed by atoms with Crippen molar-refractivity contribution >= 4 is 16.3 Å². The molecule has 0 N–H and O–H groups in total. The molecule has 0 aliphatic heterocycles. The van der Waals surface area contributed by atoms with Crippen LogP contribution >= 0.6 is 0 Å². The molecule has 1 heteroatoms. The molecule has 0 amide bonds. The summed E-state index contributed by atoms with van der Waals surface area (Å²) in [7, 11) is 0. The van der Waals surface area contributed by atoms with E-state index >= 15 is 0 Å². The van der Waals surface area contributed by atoms with Gasteiger partial charge in [-0.15, -0.1) is 0 Å². The van der Waals surface area contributed by atoms with Crippen molar-refractivity contribution in [2.75, 3.05) is 0 Å². The predicted molar refractivity (Wildman–Crippen MR) is 66.6 cm³/mol. The molecule has 0 bridgehead atoms. The quantitative estimate of drug-likeness (QED) is 0.394. The molecule has 78 valence electrons. The second kappa shape index (κ2) is 3.31.